The summed E-state index contributed by atoms with van der Waals surface area (Å²) in [6.07, 6.45) is 6.86. The van der Waals surface area contributed by atoms with Crippen LogP contribution in [0.2, 0.25) is 0 Å². The Kier molecular flexibility index (Phi) is 4.40. The van der Waals surface area contributed by atoms with Crippen LogP contribution in [-0.2, 0) is 0 Å². The largest absolute Gasteiger partial charge is 0.289 e. The van der Waals surface area contributed by atoms with Gasteiger partial charge in [0.15, 0.2) is 5.78 Å². The number of carbonyl (C=O) groups is 1. The Morgan fingerprint density at radius 3 is 2.26 bits per heavy atom. The quantitative estimate of drug-likeness (QED) is 0.451. The summed E-state index contributed by atoms with van der Waals surface area (Å²) in [5.74, 6) is -0.484. The third-order valence-electron chi connectivity index (χ3n) is 2.58. The zero-order valence-electron chi connectivity index (χ0n) is 10.3. The van der Waals surface area contributed by atoms with Gasteiger partial charge in [0.2, 0.25) is 0 Å². The van der Waals surface area contributed by atoms with Gasteiger partial charge in [-0.2, -0.15) is 0 Å². The molecule has 2 rings (SSSR count). The van der Waals surface area contributed by atoms with E-state index >= 15 is 0 Å². The van der Waals surface area contributed by atoms with Crippen LogP contribution in [-0.4, -0.2) is 5.78 Å². The molecule has 2 aromatic rings. The molecular formula is C17H13FO. The van der Waals surface area contributed by atoms with Crippen LogP contribution in [0.1, 0.15) is 15.9 Å². The lowest BCUT2D eigenvalue weighted by Crippen LogP contribution is -1.93. The lowest BCUT2D eigenvalue weighted by atomic mass is 10.1. The molecule has 19 heavy (non-hydrogen) atoms. The molecule has 0 atom stereocenters. The molecule has 0 unspecified atom stereocenters. The number of hydrogen-bond acceptors (Lipinski definition) is 1. The van der Waals surface area contributed by atoms with E-state index in [1.54, 1.807) is 12.2 Å². The van der Waals surface area contributed by atoms with Gasteiger partial charge in [0, 0.05) is 5.56 Å². The first kappa shape index (κ1) is 13.0. The second-order valence-corrected chi connectivity index (χ2v) is 4.00. The fraction of sp³-hybridized carbons (Fsp3) is 0. The van der Waals surface area contributed by atoms with Gasteiger partial charge < -0.3 is 0 Å². The zero-order valence-corrected chi connectivity index (χ0v) is 10.3. The molecule has 0 aliphatic carbocycles. The first-order valence-corrected chi connectivity index (χ1v) is 5.95. The molecule has 0 spiro atoms. The van der Waals surface area contributed by atoms with Crippen molar-refractivity contribution in [2.75, 3.05) is 0 Å². The van der Waals surface area contributed by atoms with Crippen molar-refractivity contribution in [3.8, 4) is 0 Å². The lowest BCUT2D eigenvalue weighted by Gasteiger charge is -1.94. The van der Waals surface area contributed by atoms with E-state index < -0.39 is 0 Å². The van der Waals surface area contributed by atoms with E-state index in [0.29, 0.717) is 5.56 Å². The number of ketones is 1. The molecule has 0 aromatic heterocycles. The lowest BCUT2D eigenvalue weighted by molar-refractivity contribution is 0.104. The van der Waals surface area contributed by atoms with E-state index in [2.05, 4.69) is 0 Å². The maximum atomic E-state index is 12.7. The molecule has 1 nitrogen and oxygen atoms in total. The Bertz CT molecular complexity index is 595. The van der Waals surface area contributed by atoms with Gasteiger partial charge in [-0.05, 0) is 35.9 Å². The van der Waals surface area contributed by atoms with Gasteiger partial charge in [0.05, 0.1) is 0 Å². The van der Waals surface area contributed by atoms with Crippen LogP contribution in [0.15, 0.2) is 72.8 Å². The molecule has 0 heterocycles. The first-order chi connectivity index (χ1) is 9.25. The van der Waals surface area contributed by atoms with Crippen LogP contribution in [0.4, 0.5) is 4.39 Å². The highest BCUT2D eigenvalue weighted by molar-refractivity contribution is 6.04. The number of allylic oxidation sites excluding steroid dienone is 3. The Morgan fingerprint density at radius 2 is 1.58 bits per heavy atom. The summed E-state index contributed by atoms with van der Waals surface area (Å²) >= 11 is 0. The first-order valence-electron chi connectivity index (χ1n) is 5.95. The SMILES string of the molecule is O=C(/C=C\C=C/c1ccccc1)c1ccc(F)cc1. The van der Waals surface area contributed by atoms with E-state index in [-0.39, 0.29) is 11.6 Å². The highest BCUT2D eigenvalue weighted by atomic mass is 19.1. The van der Waals surface area contributed by atoms with E-state index in [1.807, 2.05) is 36.4 Å². The smallest absolute Gasteiger partial charge is 0.185 e. The number of carbonyl (C=O) groups excluding carboxylic acids is 1. The van der Waals surface area contributed by atoms with Crippen LogP contribution in [0, 0.1) is 5.82 Å². The molecule has 94 valence electrons. The van der Waals surface area contributed by atoms with Crippen molar-refractivity contribution in [2.45, 2.75) is 0 Å². The average Bonchev–Trinajstić information content (AvgIpc) is 2.45. The van der Waals surface area contributed by atoms with Crippen LogP contribution < -0.4 is 0 Å². The van der Waals surface area contributed by atoms with Gasteiger partial charge in [-0.1, -0.05) is 48.6 Å². The van der Waals surface area contributed by atoms with E-state index in [0.717, 1.165) is 5.56 Å². The topological polar surface area (TPSA) is 17.1 Å². The van der Waals surface area contributed by atoms with Gasteiger partial charge in [-0.25, -0.2) is 4.39 Å². The maximum Gasteiger partial charge on any atom is 0.185 e. The summed E-state index contributed by atoms with van der Waals surface area (Å²) in [5, 5.41) is 0. The predicted octanol–water partition coefficient (Wildman–Crippen LogP) is 4.28. The summed E-state index contributed by atoms with van der Waals surface area (Å²) < 4.78 is 12.7. The second kappa shape index (κ2) is 6.45. The van der Waals surface area contributed by atoms with Gasteiger partial charge in [0.25, 0.3) is 0 Å². The van der Waals surface area contributed by atoms with Gasteiger partial charge in [-0.15, -0.1) is 0 Å². The number of rotatable bonds is 4. The summed E-state index contributed by atoms with van der Waals surface area (Å²) in [4.78, 5) is 11.7. The van der Waals surface area contributed by atoms with Crippen molar-refractivity contribution in [3.63, 3.8) is 0 Å². The van der Waals surface area contributed by atoms with Crippen LogP contribution in [0.5, 0.6) is 0 Å². The van der Waals surface area contributed by atoms with Crippen molar-refractivity contribution in [1.29, 1.82) is 0 Å². The van der Waals surface area contributed by atoms with Crippen molar-refractivity contribution in [1.82, 2.24) is 0 Å². The Morgan fingerprint density at radius 1 is 0.895 bits per heavy atom. The molecule has 0 aliphatic rings. The summed E-state index contributed by atoms with van der Waals surface area (Å²) in [7, 11) is 0. The standard InChI is InChI=1S/C17H13FO/c18-16-12-10-15(11-13-16)17(19)9-5-4-8-14-6-2-1-3-7-14/h1-13H/b8-4-,9-5-. The van der Waals surface area contributed by atoms with Crippen molar-refractivity contribution < 1.29 is 9.18 Å². The summed E-state index contributed by atoms with van der Waals surface area (Å²) in [6, 6.07) is 15.3. The number of halogens is 1. The van der Waals surface area contributed by atoms with Crippen molar-refractivity contribution in [2.24, 2.45) is 0 Å². The fourth-order valence-electron chi connectivity index (χ4n) is 1.58. The predicted molar refractivity (Wildman–Crippen MR) is 75.3 cm³/mol. The molecule has 0 saturated carbocycles. The maximum absolute atomic E-state index is 12.7. The molecule has 2 aromatic carbocycles. The van der Waals surface area contributed by atoms with Crippen molar-refractivity contribution in [3.05, 3.63) is 89.8 Å². The molecule has 0 radical (unpaired) electrons. The van der Waals surface area contributed by atoms with Crippen molar-refractivity contribution >= 4 is 11.9 Å². The molecular weight excluding hydrogens is 239 g/mol. The minimum Gasteiger partial charge on any atom is -0.289 e. The third kappa shape index (κ3) is 4.03. The van der Waals surface area contributed by atoms with Crippen LogP contribution in [0.25, 0.3) is 6.08 Å². The van der Waals surface area contributed by atoms with E-state index in [4.69, 9.17) is 0 Å². The highest BCUT2D eigenvalue weighted by Crippen LogP contribution is 2.05. The third-order valence-corrected chi connectivity index (χ3v) is 2.58. The van der Waals surface area contributed by atoms with Gasteiger partial charge >= 0.3 is 0 Å². The minimum absolute atomic E-state index is 0.141. The van der Waals surface area contributed by atoms with Gasteiger partial charge in [0.1, 0.15) is 5.82 Å². The molecule has 2 heteroatoms. The molecule has 0 bridgehead atoms. The number of hydrogen-bond donors (Lipinski definition) is 0. The minimum atomic E-state index is -0.343. The Labute approximate surface area is 111 Å². The molecule has 0 amide bonds. The Hall–Kier alpha value is -2.48. The highest BCUT2D eigenvalue weighted by Gasteiger charge is 2.00. The van der Waals surface area contributed by atoms with E-state index in [1.165, 1.54) is 30.3 Å². The average molecular weight is 252 g/mol. The second-order valence-electron chi connectivity index (χ2n) is 4.00. The summed E-state index contributed by atoms with van der Waals surface area (Å²) in [6.45, 7) is 0. The van der Waals surface area contributed by atoms with Gasteiger partial charge in [-0.3, -0.25) is 4.79 Å². The fourth-order valence-corrected chi connectivity index (χ4v) is 1.58. The van der Waals surface area contributed by atoms with E-state index in [9.17, 15) is 9.18 Å². The number of benzene rings is 2. The zero-order chi connectivity index (χ0) is 13.5. The Balaban J connectivity index is 1.97. The molecule has 0 aliphatic heterocycles. The molecule has 0 N–H and O–H groups in total. The van der Waals surface area contributed by atoms with Crippen LogP contribution >= 0.6 is 0 Å². The normalized spacial score (nSPS) is 11.2. The molecule has 0 saturated heterocycles. The summed E-state index contributed by atoms with van der Waals surface area (Å²) in [5.41, 5.74) is 1.55. The molecule has 0 fully saturated rings. The van der Waals surface area contributed by atoms with Crippen LogP contribution in [0.3, 0.4) is 0 Å². The monoisotopic (exact) mass is 252 g/mol.